The van der Waals surface area contributed by atoms with Gasteiger partial charge in [-0.1, -0.05) is 26.0 Å². The highest BCUT2D eigenvalue weighted by Gasteiger charge is 2.09. The summed E-state index contributed by atoms with van der Waals surface area (Å²) < 4.78 is 5.08. The minimum Gasteiger partial charge on any atom is -0.495 e. The predicted molar refractivity (Wildman–Crippen MR) is 85.9 cm³/mol. The molecule has 4 nitrogen and oxygen atoms in total. The summed E-state index contributed by atoms with van der Waals surface area (Å²) in [5.41, 5.74) is 8.73. The van der Waals surface area contributed by atoms with Gasteiger partial charge >= 0.3 is 0 Å². The van der Waals surface area contributed by atoms with Crippen LogP contribution >= 0.6 is 0 Å². The summed E-state index contributed by atoms with van der Waals surface area (Å²) >= 11 is 0. The number of methoxy groups -OCH3 is 1. The van der Waals surface area contributed by atoms with Crippen LogP contribution in [-0.4, -0.2) is 13.0 Å². The van der Waals surface area contributed by atoms with Gasteiger partial charge in [0.2, 0.25) is 0 Å². The van der Waals surface area contributed by atoms with Gasteiger partial charge in [0.1, 0.15) is 5.75 Å². The summed E-state index contributed by atoms with van der Waals surface area (Å²) in [7, 11) is 1.54. The molecule has 0 aliphatic heterocycles. The van der Waals surface area contributed by atoms with E-state index < -0.39 is 0 Å². The van der Waals surface area contributed by atoms with E-state index in [1.54, 1.807) is 25.3 Å². The summed E-state index contributed by atoms with van der Waals surface area (Å²) in [5.74, 6) is 0.789. The Morgan fingerprint density at radius 1 is 1.19 bits per heavy atom. The number of carbonyl (C=O) groups is 1. The molecule has 0 unspecified atom stereocenters. The summed E-state index contributed by atoms with van der Waals surface area (Å²) in [6.45, 7) is 4.23. The third-order valence-electron chi connectivity index (χ3n) is 3.30. The van der Waals surface area contributed by atoms with Crippen LogP contribution in [-0.2, 0) is 0 Å². The van der Waals surface area contributed by atoms with E-state index >= 15 is 0 Å². The Kier molecular flexibility index (Phi) is 4.48. The standard InChI is InChI=1S/C17H20N2O2/c1-11(2)12-5-4-6-14(9-12)19-17(20)13-7-8-16(21-3)15(18)10-13/h4-11H,18H2,1-3H3,(H,19,20). The van der Waals surface area contributed by atoms with E-state index in [0.717, 1.165) is 5.69 Å². The average Bonchev–Trinajstić information content (AvgIpc) is 2.47. The molecule has 1 amide bonds. The number of rotatable bonds is 4. The van der Waals surface area contributed by atoms with Crippen molar-refractivity contribution in [3.05, 3.63) is 53.6 Å². The number of nitrogens with two attached hydrogens (primary N) is 1. The molecule has 0 atom stereocenters. The quantitative estimate of drug-likeness (QED) is 0.842. The minimum absolute atomic E-state index is 0.190. The van der Waals surface area contributed by atoms with E-state index in [0.29, 0.717) is 22.9 Å². The highest BCUT2D eigenvalue weighted by atomic mass is 16.5. The molecule has 3 N–H and O–H groups in total. The number of hydrogen-bond acceptors (Lipinski definition) is 3. The van der Waals surface area contributed by atoms with E-state index in [1.807, 2.05) is 24.3 Å². The van der Waals surface area contributed by atoms with Crippen LogP contribution in [0, 0.1) is 0 Å². The van der Waals surface area contributed by atoms with Crippen LogP contribution in [0.4, 0.5) is 11.4 Å². The van der Waals surface area contributed by atoms with Crippen molar-refractivity contribution in [3.8, 4) is 5.75 Å². The first-order valence-corrected chi connectivity index (χ1v) is 6.86. The molecule has 0 radical (unpaired) electrons. The largest absolute Gasteiger partial charge is 0.495 e. The smallest absolute Gasteiger partial charge is 0.255 e. The summed E-state index contributed by atoms with van der Waals surface area (Å²) in [5, 5.41) is 2.88. The Morgan fingerprint density at radius 3 is 2.57 bits per heavy atom. The van der Waals surface area contributed by atoms with E-state index in [9.17, 15) is 4.79 Å². The van der Waals surface area contributed by atoms with Gasteiger partial charge in [-0.2, -0.15) is 0 Å². The lowest BCUT2D eigenvalue weighted by Gasteiger charge is -2.10. The monoisotopic (exact) mass is 284 g/mol. The zero-order valence-corrected chi connectivity index (χ0v) is 12.5. The van der Waals surface area contributed by atoms with Gasteiger partial charge in [-0.05, 0) is 41.8 Å². The van der Waals surface area contributed by atoms with E-state index in [4.69, 9.17) is 10.5 Å². The van der Waals surface area contributed by atoms with Crippen LogP contribution in [0.2, 0.25) is 0 Å². The van der Waals surface area contributed by atoms with Crippen molar-refractivity contribution < 1.29 is 9.53 Å². The Hall–Kier alpha value is -2.49. The first-order valence-electron chi connectivity index (χ1n) is 6.86. The molecule has 2 aromatic rings. The van der Waals surface area contributed by atoms with Gasteiger partial charge in [-0.25, -0.2) is 0 Å². The minimum atomic E-state index is -0.190. The lowest BCUT2D eigenvalue weighted by molar-refractivity contribution is 0.102. The second-order valence-corrected chi connectivity index (χ2v) is 5.19. The third kappa shape index (κ3) is 3.54. The molecule has 2 rings (SSSR count). The zero-order valence-electron chi connectivity index (χ0n) is 12.5. The molecular formula is C17H20N2O2. The number of nitrogens with one attached hydrogen (secondary N) is 1. The SMILES string of the molecule is COc1ccc(C(=O)Nc2cccc(C(C)C)c2)cc1N. The summed E-state index contributed by atoms with van der Waals surface area (Å²) in [6, 6.07) is 12.8. The average molecular weight is 284 g/mol. The maximum atomic E-state index is 12.2. The fraction of sp³-hybridized carbons (Fsp3) is 0.235. The maximum Gasteiger partial charge on any atom is 0.255 e. The molecule has 0 aliphatic rings. The molecule has 0 spiro atoms. The number of amides is 1. The predicted octanol–water partition coefficient (Wildman–Crippen LogP) is 3.65. The molecule has 110 valence electrons. The molecule has 0 aliphatic carbocycles. The molecule has 0 bridgehead atoms. The van der Waals surface area contributed by atoms with Crippen LogP contribution in [0.3, 0.4) is 0 Å². The van der Waals surface area contributed by atoms with Crippen molar-refractivity contribution in [3.63, 3.8) is 0 Å². The van der Waals surface area contributed by atoms with Crippen LogP contribution in [0.25, 0.3) is 0 Å². The Labute approximate surface area is 124 Å². The van der Waals surface area contributed by atoms with Gasteiger partial charge in [-0.3, -0.25) is 4.79 Å². The van der Waals surface area contributed by atoms with E-state index in [1.165, 1.54) is 5.56 Å². The van der Waals surface area contributed by atoms with Crippen LogP contribution in [0.1, 0.15) is 35.7 Å². The molecule has 0 saturated heterocycles. The molecule has 4 heteroatoms. The highest BCUT2D eigenvalue weighted by Crippen LogP contribution is 2.23. The Bertz CT molecular complexity index is 651. The normalized spacial score (nSPS) is 10.5. The maximum absolute atomic E-state index is 12.2. The van der Waals surface area contributed by atoms with Gasteiger partial charge < -0.3 is 15.8 Å². The topological polar surface area (TPSA) is 64.3 Å². The molecule has 0 heterocycles. The number of carbonyl (C=O) groups excluding carboxylic acids is 1. The molecule has 0 fully saturated rings. The van der Waals surface area contributed by atoms with Gasteiger partial charge in [-0.15, -0.1) is 0 Å². The Morgan fingerprint density at radius 2 is 1.95 bits per heavy atom. The fourth-order valence-corrected chi connectivity index (χ4v) is 2.05. The van der Waals surface area contributed by atoms with Crippen LogP contribution < -0.4 is 15.8 Å². The first kappa shape index (κ1) is 14.9. The highest BCUT2D eigenvalue weighted by molar-refractivity contribution is 6.05. The second-order valence-electron chi connectivity index (χ2n) is 5.19. The molecule has 0 saturated carbocycles. The summed E-state index contributed by atoms with van der Waals surface area (Å²) in [6.07, 6.45) is 0. The van der Waals surface area contributed by atoms with E-state index in [2.05, 4.69) is 19.2 Å². The lowest BCUT2D eigenvalue weighted by atomic mass is 10.0. The number of ether oxygens (including phenoxy) is 1. The third-order valence-corrected chi connectivity index (χ3v) is 3.30. The zero-order chi connectivity index (χ0) is 15.4. The van der Waals surface area contributed by atoms with Crippen molar-refractivity contribution in [2.75, 3.05) is 18.2 Å². The molecule has 0 aromatic heterocycles. The van der Waals surface area contributed by atoms with Crippen molar-refractivity contribution in [2.24, 2.45) is 0 Å². The molecule has 2 aromatic carbocycles. The van der Waals surface area contributed by atoms with Crippen molar-refractivity contribution in [1.82, 2.24) is 0 Å². The number of nitrogen functional groups attached to an aromatic ring is 1. The lowest BCUT2D eigenvalue weighted by Crippen LogP contribution is -2.12. The summed E-state index contributed by atoms with van der Waals surface area (Å²) in [4.78, 5) is 12.2. The fourth-order valence-electron chi connectivity index (χ4n) is 2.05. The van der Waals surface area contributed by atoms with Crippen molar-refractivity contribution in [1.29, 1.82) is 0 Å². The van der Waals surface area contributed by atoms with Crippen LogP contribution in [0.5, 0.6) is 5.75 Å². The molecule has 21 heavy (non-hydrogen) atoms. The van der Waals surface area contributed by atoms with Crippen LogP contribution in [0.15, 0.2) is 42.5 Å². The number of anilines is 2. The van der Waals surface area contributed by atoms with Crippen molar-refractivity contribution in [2.45, 2.75) is 19.8 Å². The van der Waals surface area contributed by atoms with Gasteiger partial charge in [0, 0.05) is 11.3 Å². The molecular weight excluding hydrogens is 264 g/mol. The van der Waals surface area contributed by atoms with Gasteiger partial charge in [0.15, 0.2) is 0 Å². The first-order chi connectivity index (χ1) is 10.0. The van der Waals surface area contributed by atoms with Gasteiger partial charge in [0.25, 0.3) is 5.91 Å². The number of benzene rings is 2. The number of hydrogen-bond donors (Lipinski definition) is 2. The van der Waals surface area contributed by atoms with E-state index in [-0.39, 0.29) is 5.91 Å². The Balaban J connectivity index is 2.18. The van der Waals surface area contributed by atoms with Gasteiger partial charge in [0.05, 0.1) is 12.8 Å². The second kappa shape index (κ2) is 6.31. The van der Waals surface area contributed by atoms with Crippen molar-refractivity contribution >= 4 is 17.3 Å².